The molecule has 0 N–H and O–H groups in total. The third-order valence-corrected chi connectivity index (χ3v) is 5.58. The number of hydrogen-bond acceptors (Lipinski definition) is 5. The van der Waals surface area contributed by atoms with Gasteiger partial charge in [0.15, 0.2) is 0 Å². The number of pyridine rings is 1. The molecule has 1 fully saturated rings. The van der Waals surface area contributed by atoms with Gasteiger partial charge in [-0.05, 0) is 25.0 Å². The van der Waals surface area contributed by atoms with Crippen LogP contribution in [0.25, 0.3) is 0 Å². The van der Waals surface area contributed by atoms with Gasteiger partial charge in [0.2, 0.25) is 5.91 Å². The smallest absolute Gasteiger partial charge is 0.223 e. The summed E-state index contributed by atoms with van der Waals surface area (Å²) in [6.07, 6.45) is 8.56. The molecule has 3 rings (SSSR count). The minimum atomic E-state index is -3.13. The first-order chi connectivity index (χ1) is 12.4. The maximum absolute atomic E-state index is 12.4. The van der Waals surface area contributed by atoms with Gasteiger partial charge in [0.05, 0.1) is 18.0 Å². The predicted molar refractivity (Wildman–Crippen MR) is 98.4 cm³/mol. The molecule has 3 heterocycles. The van der Waals surface area contributed by atoms with Crippen LogP contribution in [0.15, 0.2) is 36.8 Å². The fourth-order valence-electron chi connectivity index (χ4n) is 3.33. The lowest BCUT2D eigenvalue weighted by Crippen LogP contribution is -2.40. The molecule has 0 bridgehead atoms. The predicted octanol–water partition coefficient (Wildman–Crippen LogP) is 1.47. The molecule has 0 aliphatic carbocycles. The van der Waals surface area contributed by atoms with Crippen LogP contribution in [-0.4, -0.2) is 58.9 Å². The lowest BCUT2D eigenvalue weighted by Gasteiger charge is -2.32. The maximum atomic E-state index is 12.4. The zero-order valence-corrected chi connectivity index (χ0v) is 15.7. The molecule has 0 saturated carbocycles. The Morgan fingerprint density at radius 1 is 1.27 bits per heavy atom. The van der Waals surface area contributed by atoms with Crippen LogP contribution in [0.4, 0.5) is 0 Å². The molecule has 2 aromatic rings. The number of sulfone groups is 1. The summed E-state index contributed by atoms with van der Waals surface area (Å²) in [5, 5.41) is 0. The molecule has 0 unspecified atom stereocenters. The number of hydrogen-bond donors (Lipinski definition) is 0. The number of rotatable bonds is 6. The highest BCUT2D eigenvalue weighted by Gasteiger charge is 2.27. The SMILES string of the molecule is CS(=O)(=O)CCC(=O)N1CCC[C@@H](c2nccn2Cc2ccccn2)C1. The van der Waals surface area contributed by atoms with Gasteiger partial charge < -0.3 is 9.47 Å². The van der Waals surface area contributed by atoms with E-state index >= 15 is 0 Å². The largest absolute Gasteiger partial charge is 0.342 e. The van der Waals surface area contributed by atoms with E-state index in [2.05, 4.69) is 14.5 Å². The van der Waals surface area contributed by atoms with Crippen LogP contribution < -0.4 is 0 Å². The molecule has 0 spiro atoms. The Balaban J connectivity index is 1.67. The molecule has 8 heteroatoms. The van der Waals surface area contributed by atoms with Crippen molar-refractivity contribution in [1.82, 2.24) is 19.4 Å². The summed E-state index contributed by atoms with van der Waals surface area (Å²) in [4.78, 5) is 23.0. The van der Waals surface area contributed by atoms with E-state index in [4.69, 9.17) is 0 Å². The van der Waals surface area contributed by atoms with Crippen molar-refractivity contribution in [3.8, 4) is 0 Å². The Bertz CT molecular complexity index is 848. The van der Waals surface area contributed by atoms with Gasteiger partial charge in [-0.25, -0.2) is 13.4 Å². The van der Waals surface area contributed by atoms with Crippen LogP contribution in [0.1, 0.15) is 36.7 Å². The molecule has 2 aromatic heterocycles. The summed E-state index contributed by atoms with van der Waals surface area (Å²) >= 11 is 0. The highest BCUT2D eigenvalue weighted by Crippen LogP contribution is 2.26. The Morgan fingerprint density at radius 2 is 2.12 bits per heavy atom. The number of imidazole rings is 1. The lowest BCUT2D eigenvalue weighted by molar-refractivity contribution is -0.132. The summed E-state index contributed by atoms with van der Waals surface area (Å²) in [6, 6.07) is 5.83. The molecular weight excluding hydrogens is 352 g/mol. The van der Waals surface area contributed by atoms with Gasteiger partial charge in [0.25, 0.3) is 0 Å². The number of piperidine rings is 1. The van der Waals surface area contributed by atoms with Crippen LogP contribution in [0.2, 0.25) is 0 Å². The summed E-state index contributed by atoms with van der Waals surface area (Å²) in [7, 11) is -3.13. The van der Waals surface area contributed by atoms with Crippen LogP contribution in [0.5, 0.6) is 0 Å². The van der Waals surface area contributed by atoms with Crippen LogP contribution >= 0.6 is 0 Å². The summed E-state index contributed by atoms with van der Waals surface area (Å²) in [5.74, 6) is 0.922. The quantitative estimate of drug-likeness (QED) is 0.762. The van der Waals surface area contributed by atoms with Crippen molar-refractivity contribution >= 4 is 15.7 Å². The molecule has 0 aromatic carbocycles. The van der Waals surface area contributed by atoms with Gasteiger partial charge >= 0.3 is 0 Å². The molecule has 140 valence electrons. The second-order valence-corrected chi connectivity index (χ2v) is 9.05. The lowest BCUT2D eigenvalue weighted by atomic mass is 9.97. The second-order valence-electron chi connectivity index (χ2n) is 6.79. The van der Waals surface area contributed by atoms with Gasteiger partial charge in [-0.1, -0.05) is 6.07 Å². The molecule has 1 saturated heterocycles. The molecular formula is C18H24N4O3S. The Labute approximate surface area is 154 Å². The third-order valence-electron chi connectivity index (χ3n) is 4.63. The van der Waals surface area contributed by atoms with Gasteiger partial charge in [-0.15, -0.1) is 0 Å². The first kappa shape index (κ1) is 18.6. The van der Waals surface area contributed by atoms with Crippen molar-refractivity contribution in [2.45, 2.75) is 31.7 Å². The highest BCUT2D eigenvalue weighted by atomic mass is 32.2. The Hall–Kier alpha value is -2.22. The number of carbonyl (C=O) groups excluding carboxylic acids is 1. The molecule has 1 aliphatic heterocycles. The fourth-order valence-corrected chi connectivity index (χ4v) is 3.87. The maximum Gasteiger partial charge on any atom is 0.223 e. The Kier molecular flexibility index (Phi) is 5.70. The number of aromatic nitrogens is 3. The summed E-state index contributed by atoms with van der Waals surface area (Å²) < 4.78 is 24.7. The van der Waals surface area contributed by atoms with Crippen molar-refractivity contribution < 1.29 is 13.2 Å². The van der Waals surface area contributed by atoms with Crippen molar-refractivity contribution in [3.63, 3.8) is 0 Å². The van der Waals surface area contributed by atoms with Gasteiger partial charge in [0.1, 0.15) is 15.7 Å². The summed E-state index contributed by atoms with van der Waals surface area (Å²) in [6.45, 7) is 1.91. The van der Waals surface area contributed by atoms with Crippen LogP contribution in [0, 0.1) is 0 Å². The minimum absolute atomic E-state index is 0.0495. The molecule has 0 radical (unpaired) electrons. The van der Waals surface area contributed by atoms with Crippen LogP contribution in [0.3, 0.4) is 0 Å². The zero-order chi connectivity index (χ0) is 18.6. The topological polar surface area (TPSA) is 85.2 Å². The van der Waals surface area contributed by atoms with E-state index in [1.807, 2.05) is 24.4 Å². The molecule has 7 nitrogen and oxygen atoms in total. The van der Waals surface area contributed by atoms with Gasteiger partial charge in [0, 0.05) is 50.3 Å². The van der Waals surface area contributed by atoms with Gasteiger partial charge in [-0.2, -0.15) is 0 Å². The van der Waals surface area contributed by atoms with E-state index in [0.29, 0.717) is 19.6 Å². The normalized spacial score (nSPS) is 18.0. The van der Waals surface area contributed by atoms with E-state index in [9.17, 15) is 13.2 Å². The van der Waals surface area contributed by atoms with E-state index in [-0.39, 0.29) is 24.0 Å². The molecule has 1 atom stereocenters. The summed E-state index contributed by atoms with van der Waals surface area (Å²) in [5.41, 5.74) is 0.962. The van der Waals surface area contributed by atoms with Gasteiger partial charge in [-0.3, -0.25) is 9.78 Å². The number of carbonyl (C=O) groups is 1. The highest BCUT2D eigenvalue weighted by molar-refractivity contribution is 7.90. The molecule has 26 heavy (non-hydrogen) atoms. The first-order valence-corrected chi connectivity index (χ1v) is 10.8. The van der Waals surface area contributed by atoms with Crippen molar-refractivity contribution in [2.24, 2.45) is 0 Å². The first-order valence-electron chi connectivity index (χ1n) is 8.79. The number of likely N-dealkylation sites (tertiary alicyclic amines) is 1. The number of amides is 1. The van der Waals surface area contributed by atoms with E-state index < -0.39 is 9.84 Å². The standard InChI is InChI=1S/C18H24N4O3S/c1-26(24,25)12-7-17(23)21-10-4-5-15(13-21)18-20-9-11-22(18)14-16-6-2-3-8-19-16/h2-3,6,8-9,11,15H,4-5,7,10,12-14H2,1H3/t15-/m1/s1. The Morgan fingerprint density at radius 3 is 2.85 bits per heavy atom. The monoisotopic (exact) mass is 376 g/mol. The fraction of sp³-hybridized carbons (Fsp3) is 0.500. The third kappa shape index (κ3) is 4.91. The zero-order valence-electron chi connectivity index (χ0n) is 14.9. The average molecular weight is 376 g/mol. The molecule has 1 amide bonds. The minimum Gasteiger partial charge on any atom is -0.342 e. The second kappa shape index (κ2) is 7.99. The van der Waals surface area contributed by atoms with Crippen molar-refractivity contribution in [1.29, 1.82) is 0 Å². The molecule has 1 aliphatic rings. The van der Waals surface area contributed by atoms with Crippen molar-refractivity contribution in [2.75, 3.05) is 25.1 Å². The van der Waals surface area contributed by atoms with Crippen LogP contribution in [-0.2, 0) is 21.2 Å². The van der Waals surface area contributed by atoms with E-state index in [1.54, 1.807) is 17.3 Å². The average Bonchev–Trinajstić information content (AvgIpc) is 3.08. The number of nitrogens with zero attached hydrogens (tertiary/aromatic N) is 4. The van der Waals surface area contributed by atoms with E-state index in [1.165, 1.54) is 0 Å². The van der Waals surface area contributed by atoms with Crippen molar-refractivity contribution in [3.05, 3.63) is 48.3 Å². The van der Waals surface area contributed by atoms with E-state index in [0.717, 1.165) is 30.6 Å².